The number of unbranched alkanes of at least 4 members (excludes halogenated alkanes) is 49. The molecular weight excluding hydrogens is 918 g/mol. The van der Waals surface area contributed by atoms with Crippen molar-refractivity contribution >= 4 is 19.8 Å². The minimum Gasteiger partial charge on any atom is -0.462 e. The van der Waals surface area contributed by atoms with Gasteiger partial charge in [-0.25, -0.2) is 4.57 Å². The number of nitrogens with two attached hydrogens (primary N) is 1. The van der Waals surface area contributed by atoms with E-state index in [1.54, 1.807) is 0 Å². The number of phosphoric ester groups is 1. The second-order valence-electron chi connectivity index (χ2n) is 22.0. The molecule has 0 aromatic carbocycles. The van der Waals surface area contributed by atoms with Gasteiger partial charge in [-0.3, -0.25) is 18.6 Å². The SMILES string of the molecule is CCCCCCCCCCCCCCCCCCCCCCCCCCCCCCCCCCCCCCCCCC(=O)OC(COC(=O)CCCCCCCCCCCCCC)COP(=O)(O)OCCN. The number of carbonyl (C=O) groups is 2. The summed E-state index contributed by atoms with van der Waals surface area (Å²) in [5.74, 6) is -0.806. The summed E-state index contributed by atoms with van der Waals surface area (Å²) in [4.78, 5) is 35.1. The molecule has 0 spiro atoms. The van der Waals surface area contributed by atoms with Gasteiger partial charge in [0.05, 0.1) is 13.2 Å². The number of phosphoric acid groups is 1. The van der Waals surface area contributed by atoms with Crippen molar-refractivity contribution in [1.29, 1.82) is 0 Å². The Morgan fingerprint density at radius 3 is 0.847 bits per heavy atom. The van der Waals surface area contributed by atoms with Crippen LogP contribution in [0.2, 0.25) is 0 Å². The molecule has 0 aliphatic carbocycles. The summed E-state index contributed by atoms with van der Waals surface area (Å²) in [6, 6.07) is 0. The van der Waals surface area contributed by atoms with E-state index in [2.05, 4.69) is 13.8 Å². The molecular formula is C62H124NO8P. The van der Waals surface area contributed by atoms with E-state index in [1.165, 1.54) is 289 Å². The summed E-state index contributed by atoms with van der Waals surface area (Å²) in [5, 5.41) is 0. The van der Waals surface area contributed by atoms with Crippen LogP contribution in [0.1, 0.15) is 354 Å². The molecule has 0 aliphatic rings. The quantitative estimate of drug-likeness (QED) is 0.0347. The van der Waals surface area contributed by atoms with E-state index in [4.69, 9.17) is 24.3 Å². The van der Waals surface area contributed by atoms with Crippen LogP contribution >= 0.6 is 7.82 Å². The van der Waals surface area contributed by atoms with Crippen LogP contribution in [0.3, 0.4) is 0 Å². The highest BCUT2D eigenvalue weighted by molar-refractivity contribution is 7.47. The predicted molar refractivity (Wildman–Crippen MR) is 308 cm³/mol. The van der Waals surface area contributed by atoms with Crippen LogP contribution in [-0.2, 0) is 32.7 Å². The van der Waals surface area contributed by atoms with Crippen LogP contribution in [-0.4, -0.2) is 49.3 Å². The Bertz CT molecular complexity index is 1140. The van der Waals surface area contributed by atoms with Crippen LogP contribution in [0.4, 0.5) is 0 Å². The van der Waals surface area contributed by atoms with Crippen LogP contribution in [0.25, 0.3) is 0 Å². The van der Waals surface area contributed by atoms with Gasteiger partial charge in [-0.1, -0.05) is 328 Å². The molecule has 0 radical (unpaired) electrons. The highest BCUT2D eigenvalue weighted by Crippen LogP contribution is 2.43. The Morgan fingerprint density at radius 2 is 0.597 bits per heavy atom. The van der Waals surface area contributed by atoms with Crippen molar-refractivity contribution < 1.29 is 37.6 Å². The Hall–Kier alpha value is -0.990. The maximum atomic E-state index is 12.7. The van der Waals surface area contributed by atoms with Gasteiger partial charge in [-0.2, -0.15) is 0 Å². The van der Waals surface area contributed by atoms with Gasteiger partial charge in [0, 0.05) is 19.4 Å². The van der Waals surface area contributed by atoms with Gasteiger partial charge in [0.1, 0.15) is 6.61 Å². The fraction of sp³-hybridized carbons (Fsp3) is 0.968. The molecule has 0 rings (SSSR count). The molecule has 0 heterocycles. The topological polar surface area (TPSA) is 134 Å². The molecule has 9 nitrogen and oxygen atoms in total. The fourth-order valence-electron chi connectivity index (χ4n) is 10.00. The van der Waals surface area contributed by atoms with Crippen molar-refractivity contribution in [3.8, 4) is 0 Å². The Labute approximate surface area is 447 Å². The average Bonchev–Trinajstić information content (AvgIpc) is 3.37. The highest BCUT2D eigenvalue weighted by Gasteiger charge is 2.26. The number of hydrogen-bond donors (Lipinski definition) is 2. The van der Waals surface area contributed by atoms with Gasteiger partial charge in [0.15, 0.2) is 6.10 Å². The van der Waals surface area contributed by atoms with E-state index in [0.717, 1.165) is 32.1 Å². The lowest BCUT2D eigenvalue weighted by atomic mass is 10.0. The molecule has 430 valence electrons. The van der Waals surface area contributed by atoms with Gasteiger partial charge < -0.3 is 20.1 Å². The number of rotatable bonds is 62. The zero-order chi connectivity index (χ0) is 52.4. The summed E-state index contributed by atoms with van der Waals surface area (Å²) in [6.07, 6.45) is 67.9. The molecule has 0 saturated carbocycles. The maximum Gasteiger partial charge on any atom is 0.472 e. The Morgan fingerprint density at radius 1 is 0.361 bits per heavy atom. The smallest absolute Gasteiger partial charge is 0.462 e. The molecule has 0 amide bonds. The van der Waals surface area contributed by atoms with Gasteiger partial charge in [0.2, 0.25) is 0 Å². The molecule has 0 saturated heterocycles. The van der Waals surface area contributed by atoms with E-state index in [9.17, 15) is 19.0 Å². The summed E-state index contributed by atoms with van der Waals surface area (Å²) in [7, 11) is -4.38. The molecule has 2 unspecified atom stereocenters. The van der Waals surface area contributed by atoms with E-state index in [-0.39, 0.29) is 38.6 Å². The summed E-state index contributed by atoms with van der Waals surface area (Å²) in [5.41, 5.74) is 5.38. The lowest BCUT2D eigenvalue weighted by Gasteiger charge is -2.19. The van der Waals surface area contributed by atoms with Crippen molar-refractivity contribution in [2.75, 3.05) is 26.4 Å². The molecule has 0 aliphatic heterocycles. The fourth-order valence-corrected chi connectivity index (χ4v) is 10.8. The first-order valence-corrected chi connectivity index (χ1v) is 33.5. The highest BCUT2D eigenvalue weighted by atomic mass is 31.2. The third kappa shape index (κ3) is 58.3. The van der Waals surface area contributed by atoms with Crippen molar-refractivity contribution in [2.24, 2.45) is 5.73 Å². The van der Waals surface area contributed by atoms with Gasteiger partial charge in [0.25, 0.3) is 0 Å². The van der Waals surface area contributed by atoms with E-state index < -0.39 is 26.5 Å². The molecule has 0 aromatic heterocycles. The minimum absolute atomic E-state index is 0.0584. The van der Waals surface area contributed by atoms with Gasteiger partial charge >= 0.3 is 19.8 Å². The van der Waals surface area contributed by atoms with Crippen molar-refractivity contribution in [2.45, 2.75) is 360 Å². The Kier molecular flexibility index (Phi) is 58.4. The van der Waals surface area contributed by atoms with Crippen molar-refractivity contribution in [3.63, 3.8) is 0 Å². The summed E-state index contributed by atoms with van der Waals surface area (Å²) >= 11 is 0. The second kappa shape index (κ2) is 59.3. The van der Waals surface area contributed by atoms with E-state index >= 15 is 0 Å². The van der Waals surface area contributed by atoms with Crippen LogP contribution in [0.15, 0.2) is 0 Å². The maximum absolute atomic E-state index is 12.7. The van der Waals surface area contributed by atoms with Crippen molar-refractivity contribution in [1.82, 2.24) is 0 Å². The summed E-state index contributed by atoms with van der Waals surface area (Å²) in [6.45, 7) is 3.80. The molecule has 2 atom stereocenters. The van der Waals surface area contributed by atoms with Crippen LogP contribution < -0.4 is 5.73 Å². The number of carbonyl (C=O) groups excluding carboxylic acids is 2. The average molecular weight is 1040 g/mol. The zero-order valence-corrected chi connectivity index (χ0v) is 49.1. The minimum atomic E-state index is -4.38. The second-order valence-corrected chi connectivity index (χ2v) is 23.5. The first-order valence-electron chi connectivity index (χ1n) is 32.0. The first-order chi connectivity index (χ1) is 35.3. The number of hydrogen-bond acceptors (Lipinski definition) is 8. The number of ether oxygens (including phenoxy) is 2. The third-order valence-electron chi connectivity index (χ3n) is 14.7. The standard InChI is InChI=1S/C62H124NO8P/c1-3-5-7-9-11-13-15-17-18-19-20-21-22-23-24-25-26-27-28-29-30-31-32-33-34-35-36-37-38-39-40-41-42-43-45-47-49-51-53-55-62(65)71-60(59-70-72(66,67)69-57-56-63)58-68-61(64)54-52-50-48-46-44-16-14-12-10-8-6-4-2/h60H,3-59,63H2,1-2H3,(H,66,67). The Balaban J connectivity index is 3.67. The van der Waals surface area contributed by atoms with E-state index in [0.29, 0.717) is 6.42 Å². The van der Waals surface area contributed by atoms with Gasteiger partial charge in [-0.05, 0) is 12.8 Å². The van der Waals surface area contributed by atoms with Crippen LogP contribution in [0.5, 0.6) is 0 Å². The van der Waals surface area contributed by atoms with Crippen LogP contribution in [0, 0.1) is 0 Å². The van der Waals surface area contributed by atoms with Gasteiger partial charge in [-0.15, -0.1) is 0 Å². The third-order valence-corrected chi connectivity index (χ3v) is 15.7. The molecule has 0 fully saturated rings. The molecule has 72 heavy (non-hydrogen) atoms. The normalized spacial score (nSPS) is 12.9. The monoisotopic (exact) mass is 1040 g/mol. The molecule has 10 heteroatoms. The first kappa shape index (κ1) is 71.0. The summed E-state index contributed by atoms with van der Waals surface area (Å²) < 4.78 is 33.0. The lowest BCUT2D eigenvalue weighted by Crippen LogP contribution is -2.29. The number of esters is 2. The largest absolute Gasteiger partial charge is 0.472 e. The lowest BCUT2D eigenvalue weighted by molar-refractivity contribution is -0.161. The predicted octanol–water partition coefficient (Wildman–Crippen LogP) is 20.2. The zero-order valence-electron chi connectivity index (χ0n) is 48.2. The molecule has 3 N–H and O–H groups in total. The molecule has 0 aromatic rings. The van der Waals surface area contributed by atoms with Crippen molar-refractivity contribution in [3.05, 3.63) is 0 Å². The van der Waals surface area contributed by atoms with E-state index in [1.807, 2.05) is 0 Å². The molecule has 0 bridgehead atoms.